The third-order valence-corrected chi connectivity index (χ3v) is 3.56. The summed E-state index contributed by atoms with van der Waals surface area (Å²) in [5.74, 6) is 0.0291. The van der Waals surface area contributed by atoms with Crippen LogP contribution >= 0.6 is 0 Å². The van der Waals surface area contributed by atoms with Crippen molar-refractivity contribution in [2.75, 3.05) is 6.54 Å². The Labute approximate surface area is 117 Å². The minimum absolute atomic E-state index is 0.236. The van der Waals surface area contributed by atoms with Gasteiger partial charge in [-0.05, 0) is 40.0 Å². The highest BCUT2D eigenvalue weighted by atomic mass is 16.4. The van der Waals surface area contributed by atoms with Crippen molar-refractivity contribution in [1.82, 2.24) is 10.3 Å². The average Bonchev–Trinajstić information content (AvgIpc) is 3.12. The van der Waals surface area contributed by atoms with E-state index in [1.54, 1.807) is 20.8 Å². The number of rotatable bonds is 6. The van der Waals surface area contributed by atoms with E-state index in [0.717, 1.165) is 12.8 Å². The Kier molecular flexibility index (Phi) is 3.83. The number of carbonyl (C=O) groups excluding carboxylic acids is 1. The van der Waals surface area contributed by atoms with Crippen LogP contribution in [-0.2, 0) is 4.79 Å². The van der Waals surface area contributed by atoms with Gasteiger partial charge in [0.15, 0.2) is 5.89 Å². The van der Waals surface area contributed by atoms with Crippen molar-refractivity contribution in [3.63, 3.8) is 0 Å². The maximum Gasteiger partial charge on any atom is 0.309 e. The molecule has 20 heavy (non-hydrogen) atoms. The third-order valence-electron chi connectivity index (χ3n) is 3.56. The lowest BCUT2D eigenvalue weighted by atomic mass is 9.90. The van der Waals surface area contributed by atoms with Crippen LogP contribution < -0.4 is 5.32 Å². The molecule has 0 unspecified atom stereocenters. The molecule has 1 aromatic rings. The molecule has 2 rings (SSSR count). The van der Waals surface area contributed by atoms with E-state index in [-0.39, 0.29) is 18.2 Å². The van der Waals surface area contributed by atoms with E-state index in [4.69, 9.17) is 9.52 Å². The molecule has 0 aliphatic heterocycles. The highest BCUT2D eigenvalue weighted by Crippen LogP contribution is 2.40. The van der Waals surface area contributed by atoms with Crippen LogP contribution in [0.5, 0.6) is 0 Å². The molecule has 6 nitrogen and oxygen atoms in total. The molecule has 0 aromatic carbocycles. The first kappa shape index (κ1) is 14.6. The maximum atomic E-state index is 12.0. The van der Waals surface area contributed by atoms with Gasteiger partial charge in [0, 0.05) is 12.5 Å². The van der Waals surface area contributed by atoms with Gasteiger partial charge in [-0.2, -0.15) is 0 Å². The summed E-state index contributed by atoms with van der Waals surface area (Å²) < 4.78 is 5.49. The molecule has 0 radical (unpaired) electrons. The van der Waals surface area contributed by atoms with Gasteiger partial charge in [-0.15, -0.1) is 0 Å². The first-order valence-electron chi connectivity index (χ1n) is 6.80. The summed E-state index contributed by atoms with van der Waals surface area (Å²) in [6.07, 6.45) is 2.48. The van der Waals surface area contributed by atoms with Crippen molar-refractivity contribution in [3.05, 3.63) is 17.3 Å². The highest BCUT2D eigenvalue weighted by Gasteiger charge is 2.31. The fourth-order valence-corrected chi connectivity index (χ4v) is 1.81. The number of aryl methyl sites for hydroxylation is 1. The fourth-order valence-electron chi connectivity index (χ4n) is 1.81. The number of aliphatic carboxylic acids is 1. The molecular weight excluding hydrogens is 260 g/mol. The molecule has 6 heteroatoms. The maximum absolute atomic E-state index is 12.0. The van der Waals surface area contributed by atoms with Crippen LogP contribution in [0.3, 0.4) is 0 Å². The summed E-state index contributed by atoms with van der Waals surface area (Å²) in [5, 5.41) is 11.7. The van der Waals surface area contributed by atoms with E-state index in [9.17, 15) is 9.59 Å². The zero-order chi connectivity index (χ0) is 14.9. The van der Waals surface area contributed by atoms with Gasteiger partial charge < -0.3 is 14.8 Å². The van der Waals surface area contributed by atoms with Gasteiger partial charge in [-0.3, -0.25) is 9.59 Å². The highest BCUT2D eigenvalue weighted by molar-refractivity contribution is 5.92. The number of hydrogen-bond donors (Lipinski definition) is 2. The van der Waals surface area contributed by atoms with Crippen LogP contribution in [0.2, 0.25) is 0 Å². The number of carboxylic acid groups (broad SMARTS) is 1. The van der Waals surface area contributed by atoms with E-state index >= 15 is 0 Å². The molecule has 1 aliphatic carbocycles. The predicted octanol–water partition coefficient (Wildman–Crippen LogP) is 2.09. The Morgan fingerprint density at radius 2 is 2.10 bits per heavy atom. The lowest BCUT2D eigenvalue weighted by molar-refractivity contribution is -0.147. The molecule has 0 spiro atoms. The van der Waals surface area contributed by atoms with Gasteiger partial charge in [0.1, 0.15) is 0 Å². The topological polar surface area (TPSA) is 92.4 Å². The number of carboxylic acids is 1. The number of nitrogens with one attached hydrogen (secondary N) is 1. The molecular formula is C14H20N2O4. The smallest absolute Gasteiger partial charge is 0.309 e. The minimum atomic E-state index is -0.876. The first-order chi connectivity index (χ1) is 9.31. The van der Waals surface area contributed by atoms with Gasteiger partial charge in [0.05, 0.1) is 11.1 Å². The minimum Gasteiger partial charge on any atom is -0.481 e. The van der Waals surface area contributed by atoms with Crippen molar-refractivity contribution in [2.45, 2.75) is 46.0 Å². The molecule has 1 fully saturated rings. The van der Waals surface area contributed by atoms with E-state index in [0.29, 0.717) is 23.9 Å². The molecule has 1 saturated carbocycles. The molecule has 2 N–H and O–H groups in total. The Morgan fingerprint density at radius 3 is 2.65 bits per heavy atom. The van der Waals surface area contributed by atoms with E-state index in [2.05, 4.69) is 10.3 Å². The summed E-state index contributed by atoms with van der Waals surface area (Å²) >= 11 is 0. The third kappa shape index (κ3) is 3.18. The zero-order valence-electron chi connectivity index (χ0n) is 12.0. The van der Waals surface area contributed by atoms with Gasteiger partial charge in [0.2, 0.25) is 5.76 Å². The van der Waals surface area contributed by atoms with Crippen LogP contribution in [0.1, 0.15) is 61.2 Å². The monoisotopic (exact) mass is 280 g/mol. The molecule has 1 aromatic heterocycles. The summed E-state index contributed by atoms with van der Waals surface area (Å²) in [5.41, 5.74) is -0.273. The quantitative estimate of drug-likeness (QED) is 0.832. The van der Waals surface area contributed by atoms with Crippen molar-refractivity contribution in [1.29, 1.82) is 0 Å². The summed E-state index contributed by atoms with van der Waals surface area (Å²) in [7, 11) is 0. The Balaban J connectivity index is 1.90. The number of oxazole rings is 1. The Bertz CT molecular complexity index is 529. The first-order valence-corrected chi connectivity index (χ1v) is 6.80. The van der Waals surface area contributed by atoms with Crippen LogP contribution in [0.4, 0.5) is 0 Å². The Hall–Kier alpha value is -1.85. The average molecular weight is 280 g/mol. The molecule has 1 amide bonds. The van der Waals surface area contributed by atoms with E-state index < -0.39 is 11.4 Å². The van der Waals surface area contributed by atoms with Gasteiger partial charge in [-0.1, -0.05) is 0 Å². The molecule has 0 bridgehead atoms. The van der Waals surface area contributed by atoms with Crippen molar-refractivity contribution in [3.8, 4) is 0 Å². The standard InChI is InChI=1S/C14H20N2O4/c1-8-10(20-12(16-8)9-4-5-9)11(17)15-7-6-14(2,3)13(18)19/h9H,4-7H2,1-3H3,(H,15,17)(H,18,19). The van der Waals surface area contributed by atoms with Crippen LogP contribution in [0.15, 0.2) is 4.42 Å². The summed E-state index contributed by atoms with van der Waals surface area (Å²) in [6.45, 7) is 5.29. The molecule has 1 heterocycles. The van der Waals surface area contributed by atoms with Crippen molar-refractivity contribution in [2.24, 2.45) is 5.41 Å². The molecule has 0 saturated heterocycles. The van der Waals surface area contributed by atoms with Crippen molar-refractivity contribution < 1.29 is 19.1 Å². The van der Waals surface area contributed by atoms with E-state index in [1.165, 1.54) is 0 Å². The van der Waals surface area contributed by atoms with Crippen LogP contribution in [0.25, 0.3) is 0 Å². The van der Waals surface area contributed by atoms with Gasteiger partial charge >= 0.3 is 5.97 Å². The van der Waals surface area contributed by atoms with Crippen molar-refractivity contribution >= 4 is 11.9 Å². The van der Waals surface area contributed by atoms with Gasteiger partial charge in [-0.25, -0.2) is 4.98 Å². The number of nitrogens with zero attached hydrogens (tertiary/aromatic N) is 1. The second-order valence-corrected chi connectivity index (χ2v) is 5.94. The fraction of sp³-hybridized carbons (Fsp3) is 0.643. The lowest BCUT2D eigenvalue weighted by Crippen LogP contribution is -2.32. The number of hydrogen-bond acceptors (Lipinski definition) is 4. The SMILES string of the molecule is Cc1nc(C2CC2)oc1C(=O)NCCC(C)(C)C(=O)O. The Morgan fingerprint density at radius 1 is 1.45 bits per heavy atom. The second-order valence-electron chi connectivity index (χ2n) is 5.94. The second kappa shape index (κ2) is 5.26. The van der Waals surface area contributed by atoms with E-state index in [1.807, 2.05) is 0 Å². The number of carbonyl (C=O) groups is 2. The van der Waals surface area contributed by atoms with Crippen LogP contribution in [-0.4, -0.2) is 28.5 Å². The lowest BCUT2D eigenvalue weighted by Gasteiger charge is -2.18. The number of amides is 1. The summed E-state index contributed by atoms with van der Waals surface area (Å²) in [4.78, 5) is 27.2. The zero-order valence-corrected chi connectivity index (χ0v) is 12.0. The largest absolute Gasteiger partial charge is 0.481 e. The molecule has 0 atom stereocenters. The van der Waals surface area contributed by atoms with Crippen LogP contribution in [0, 0.1) is 12.3 Å². The molecule has 1 aliphatic rings. The predicted molar refractivity (Wildman–Crippen MR) is 71.6 cm³/mol. The number of aromatic nitrogens is 1. The van der Waals surface area contributed by atoms with Gasteiger partial charge in [0.25, 0.3) is 5.91 Å². The summed E-state index contributed by atoms with van der Waals surface area (Å²) in [6, 6.07) is 0. The molecule has 110 valence electrons. The normalized spacial score (nSPS) is 15.2.